The SMILES string of the molecule is CN=C(NCCN1CCOCC1)NCC(c1ccccc1OC)N(C)C. The number of likely N-dealkylation sites (N-methyl/N-ethyl adjacent to an activating group) is 1. The van der Waals surface area contributed by atoms with Crippen molar-refractivity contribution in [1.29, 1.82) is 0 Å². The van der Waals surface area contributed by atoms with E-state index >= 15 is 0 Å². The minimum Gasteiger partial charge on any atom is -0.496 e. The predicted molar refractivity (Wildman–Crippen MR) is 106 cm³/mol. The second kappa shape index (κ2) is 11.0. The van der Waals surface area contributed by atoms with Crippen molar-refractivity contribution >= 4 is 5.96 Å². The highest BCUT2D eigenvalue weighted by molar-refractivity contribution is 5.79. The number of nitrogens with one attached hydrogen (secondary N) is 2. The van der Waals surface area contributed by atoms with Gasteiger partial charge in [0, 0.05) is 45.3 Å². The van der Waals surface area contributed by atoms with Crippen LogP contribution < -0.4 is 15.4 Å². The summed E-state index contributed by atoms with van der Waals surface area (Å²) in [5, 5.41) is 6.83. The fourth-order valence-electron chi connectivity index (χ4n) is 3.08. The van der Waals surface area contributed by atoms with Gasteiger partial charge in [0.15, 0.2) is 5.96 Å². The van der Waals surface area contributed by atoms with E-state index in [1.807, 2.05) is 18.2 Å². The van der Waals surface area contributed by atoms with Gasteiger partial charge in [-0.05, 0) is 20.2 Å². The highest BCUT2D eigenvalue weighted by Gasteiger charge is 2.18. The second-order valence-electron chi connectivity index (χ2n) is 6.56. The van der Waals surface area contributed by atoms with Crippen LogP contribution in [-0.4, -0.2) is 89.9 Å². The van der Waals surface area contributed by atoms with Crippen molar-refractivity contribution < 1.29 is 9.47 Å². The molecule has 1 atom stereocenters. The van der Waals surface area contributed by atoms with Crippen molar-refractivity contribution in [1.82, 2.24) is 20.4 Å². The molecule has 7 heteroatoms. The van der Waals surface area contributed by atoms with Gasteiger partial charge in [0.05, 0.1) is 26.4 Å². The number of para-hydroxylation sites is 1. The Morgan fingerprint density at radius 2 is 2.00 bits per heavy atom. The molecule has 2 rings (SSSR count). The molecule has 1 aliphatic rings. The molecule has 2 N–H and O–H groups in total. The van der Waals surface area contributed by atoms with E-state index in [2.05, 4.69) is 45.6 Å². The van der Waals surface area contributed by atoms with E-state index in [1.165, 1.54) is 0 Å². The summed E-state index contributed by atoms with van der Waals surface area (Å²) in [5.41, 5.74) is 1.16. The second-order valence-corrected chi connectivity index (χ2v) is 6.56. The van der Waals surface area contributed by atoms with E-state index in [9.17, 15) is 0 Å². The predicted octanol–water partition coefficient (Wildman–Crippen LogP) is 0.795. The van der Waals surface area contributed by atoms with Crippen molar-refractivity contribution in [2.24, 2.45) is 4.99 Å². The highest BCUT2D eigenvalue weighted by Crippen LogP contribution is 2.27. The first-order valence-electron chi connectivity index (χ1n) is 9.19. The molecule has 0 radical (unpaired) electrons. The van der Waals surface area contributed by atoms with E-state index < -0.39 is 0 Å². The molecule has 1 unspecified atom stereocenters. The number of rotatable bonds is 8. The molecule has 26 heavy (non-hydrogen) atoms. The first-order chi connectivity index (χ1) is 12.7. The largest absolute Gasteiger partial charge is 0.496 e. The van der Waals surface area contributed by atoms with Crippen LogP contribution in [0.3, 0.4) is 0 Å². The molecule has 0 amide bonds. The minimum absolute atomic E-state index is 0.184. The van der Waals surface area contributed by atoms with Gasteiger partial charge >= 0.3 is 0 Å². The standard InChI is InChI=1S/C19H33N5O2/c1-20-19(21-9-10-24-11-13-26-14-12-24)22-15-17(23(2)3)16-7-5-6-8-18(16)25-4/h5-8,17H,9-15H2,1-4H3,(H2,20,21,22). The molecule has 0 bridgehead atoms. The quantitative estimate of drug-likeness (QED) is 0.526. The van der Waals surface area contributed by atoms with Gasteiger partial charge in [-0.2, -0.15) is 0 Å². The third-order valence-electron chi connectivity index (χ3n) is 4.63. The van der Waals surface area contributed by atoms with Crippen LogP contribution in [0.1, 0.15) is 11.6 Å². The van der Waals surface area contributed by atoms with Crippen molar-refractivity contribution in [3.63, 3.8) is 0 Å². The topological polar surface area (TPSA) is 61.4 Å². The number of nitrogens with zero attached hydrogens (tertiary/aromatic N) is 3. The van der Waals surface area contributed by atoms with Crippen LogP contribution in [-0.2, 0) is 4.74 Å². The summed E-state index contributed by atoms with van der Waals surface area (Å²) < 4.78 is 10.9. The lowest BCUT2D eigenvalue weighted by Crippen LogP contribution is -2.46. The van der Waals surface area contributed by atoms with E-state index in [4.69, 9.17) is 9.47 Å². The summed E-state index contributed by atoms with van der Waals surface area (Å²) in [6.45, 7) is 6.26. The highest BCUT2D eigenvalue weighted by atomic mass is 16.5. The number of benzene rings is 1. The Morgan fingerprint density at radius 1 is 1.27 bits per heavy atom. The van der Waals surface area contributed by atoms with E-state index in [-0.39, 0.29) is 6.04 Å². The molecule has 1 fully saturated rings. The average Bonchev–Trinajstić information content (AvgIpc) is 2.67. The summed E-state index contributed by atoms with van der Waals surface area (Å²) in [5.74, 6) is 1.73. The summed E-state index contributed by atoms with van der Waals surface area (Å²) in [6, 6.07) is 8.34. The third-order valence-corrected chi connectivity index (χ3v) is 4.63. The van der Waals surface area contributed by atoms with Crippen molar-refractivity contribution in [2.75, 3.05) is 74.2 Å². The van der Waals surface area contributed by atoms with Crippen LogP contribution >= 0.6 is 0 Å². The lowest BCUT2D eigenvalue weighted by molar-refractivity contribution is 0.0389. The summed E-state index contributed by atoms with van der Waals surface area (Å²) in [7, 11) is 7.67. The number of morpholine rings is 1. The Labute approximate surface area is 157 Å². The van der Waals surface area contributed by atoms with Crippen molar-refractivity contribution in [2.45, 2.75) is 6.04 Å². The zero-order chi connectivity index (χ0) is 18.8. The van der Waals surface area contributed by atoms with Gasteiger partial charge < -0.3 is 25.0 Å². The molecule has 146 valence electrons. The number of aliphatic imine (C=N–C) groups is 1. The molecule has 1 aromatic carbocycles. The summed E-state index contributed by atoms with van der Waals surface area (Å²) in [4.78, 5) is 8.93. The van der Waals surface area contributed by atoms with E-state index in [1.54, 1.807) is 14.2 Å². The van der Waals surface area contributed by atoms with Gasteiger partial charge in [0.25, 0.3) is 0 Å². The van der Waals surface area contributed by atoms with Crippen LogP contribution in [0.2, 0.25) is 0 Å². The van der Waals surface area contributed by atoms with E-state index in [0.29, 0.717) is 0 Å². The Balaban J connectivity index is 1.86. The minimum atomic E-state index is 0.184. The normalized spacial score (nSPS) is 17.2. The van der Waals surface area contributed by atoms with Gasteiger partial charge in [0.2, 0.25) is 0 Å². The maximum Gasteiger partial charge on any atom is 0.191 e. The van der Waals surface area contributed by atoms with Crippen LogP contribution in [0.4, 0.5) is 0 Å². The summed E-state index contributed by atoms with van der Waals surface area (Å²) in [6.07, 6.45) is 0. The van der Waals surface area contributed by atoms with Gasteiger partial charge in [-0.3, -0.25) is 9.89 Å². The number of hydrogen-bond donors (Lipinski definition) is 2. The number of methoxy groups -OCH3 is 1. The molecule has 0 saturated carbocycles. The van der Waals surface area contributed by atoms with Gasteiger partial charge in [-0.1, -0.05) is 18.2 Å². The van der Waals surface area contributed by atoms with Gasteiger partial charge in [-0.25, -0.2) is 0 Å². The fourth-order valence-corrected chi connectivity index (χ4v) is 3.08. The lowest BCUT2D eigenvalue weighted by atomic mass is 10.0. The van der Waals surface area contributed by atoms with Gasteiger partial charge in [0.1, 0.15) is 5.75 Å². The Bertz CT molecular complexity index is 559. The van der Waals surface area contributed by atoms with E-state index in [0.717, 1.165) is 63.2 Å². The first kappa shape index (κ1) is 20.5. The lowest BCUT2D eigenvalue weighted by Gasteiger charge is -2.28. The van der Waals surface area contributed by atoms with Crippen LogP contribution in [0, 0.1) is 0 Å². The zero-order valence-electron chi connectivity index (χ0n) is 16.5. The van der Waals surface area contributed by atoms with Crippen LogP contribution in [0.25, 0.3) is 0 Å². The maximum absolute atomic E-state index is 5.53. The smallest absolute Gasteiger partial charge is 0.191 e. The molecular formula is C19H33N5O2. The Kier molecular flexibility index (Phi) is 8.67. The number of ether oxygens (including phenoxy) is 2. The zero-order valence-corrected chi connectivity index (χ0v) is 16.5. The Morgan fingerprint density at radius 3 is 2.65 bits per heavy atom. The molecule has 0 spiro atoms. The maximum atomic E-state index is 5.53. The molecule has 1 saturated heterocycles. The molecule has 0 aromatic heterocycles. The summed E-state index contributed by atoms with van der Waals surface area (Å²) >= 11 is 0. The van der Waals surface area contributed by atoms with Gasteiger partial charge in [-0.15, -0.1) is 0 Å². The molecule has 1 aromatic rings. The number of hydrogen-bond acceptors (Lipinski definition) is 5. The third kappa shape index (κ3) is 6.16. The Hall–Kier alpha value is -1.83. The molecule has 0 aliphatic carbocycles. The number of guanidine groups is 1. The van der Waals surface area contributed by atoms with Crippen LogP contribution in [0.5, 0.6) is 5.75 Å². The molecular weight excluding hydrogens is 330 g/mol. The fraction of sp³-hybridized carbons (Fsp3) is 0.632. The monoisotopic (exact) mass is 363 g/mol. The average molecular weight is 364 g/mol. The molecule has 1 aliphatic heterocycles. The van der Waals surface area contributed by atoms with Crippen LogP contribution in [0.15, 0.2) is 29.3 Å². The van der Waals surface area contributed by atoms with Crippen molar-refractivity contribution in [3.8, 4) is 5.75 Å². The molecule has 7 nitrogen and oxygen atoms in total. The van der Waals surface area contributed by atoms with Crippen molar-refractivity contribution in [3.05, 3.63) is 29.8 Å². The first-order valence-corrected chi connectivity index (χ1v) is 9.19. The molecule has 1 heterocycles.